The van der Waals surface area contributed by atoms with E-state index in [0.29, 0.717) is 19.4 Å². The molecule has 0 saturated carbocycles. The monoisotopic (exact) mass is 341 g/mol. The van der Waals surface area contributed by atoms with Crippen molar-refractivity contribution in [3.8, 4) is 5.75 Å². The van der Waals surface area contributed by atoms with Crippen LogP contribution in [0.5, 0.6) is 5.75 Å². The van der Waals surface area contributed by atoms with Crippen molar-refractivity contribution in [3.63, 3.8) is 0 Å². The third-order valence-electron chi connectivity index (χ3n) is 4.10. The number of benzene rings is 2. The number of ether oxygens (including phenoxy) is 1. The number of carbonyl (C=O) groups excluding carboxylic acids is 1. The predicted octanol–water partition coefficient (Wildman–Crippen LogP) is 3.25. The summed E-state index contributed by atoms with van der Waals surface area (Å²) in [6, 6.07) is 14.4. The number of hydrogen-bond acceptors (Lipinski definition) is 3. The number of carbonyl (C=O) groups is 2. The summed E-state index contributed by atoms with van der Waals surface area (Å²) in [5, 5.41) is 11.8. The Morgan fingerprint density at radius 1 is 1.12 bits per heavy atom. The van der Waals surface area contributed by atoms with Gasteiger partial charge in [0.2, 0.25) is 5.91 Å². The molecule has 0 fully saturated rings. The van der Waals surface area contributed by atoms with Gasteiger partial charge in [-0.15, -0.1) is 0 Å². The minimum atomic E-state index is -0.940. The van der Waals surface area contributed by atoms with Gasteiger partial charge in [-0.2, -0.15) is 0 Å². The average molecular weight is 341 g/mol. The number of carboxylic acid groups (broad SMARTS) is 1. The van der Waals surface area contributed by atoms with Gasteiger partial charge < -0.3 is 15.2 Å². The van der Waals surface area contributed by atoms with E-state index in [-0.39, 0.29) is 17.4 Å². The molecular formula is C20H23NO4. The van der Waals surface area contributed by atoms with Gasteiger partial charge >= 0.3 is 5.97 Å². The molecule has 0 radical (unpaired) electrons. The SMILES string of the molecule is COc1ccccc1C(C)CC(=O)NCCc1ccc(C(=O)O)cc1. The van der Waals surface area contributed by atoms with E-state index in [9.17, 15) is 9.59 Å². The zero-order valence-corrected chi connectivity index (χ0v) is 14.5. The molecule has 1 amide bonds. The molecule has 0 aliphatic heterocycles. The van der Waals surface area contributed by atoms with Crippen LogP contribution in [0.4, 0.5) is 0 Å². The van der Waals surface area contributed by atoms with E-state index in [1.807, 2.05) is 31.2 Å². The van der Waals surface area contributed by atoms with Crippen molar-refractivity contribution < 1.29 is 19.4 Å². The lowest BCUT2D eigenvalue weighted by molar-refractivity contribution is -0.121. The van der Waals surface area contributed by atoms with Crippen molar-refractivity contribution in [3.05, 3.63) is 65.2 Å². The van der Waals surface area contributed by atoms with Crippen LogP contribution in [-0.2, 0) is 11.2 Å². The molecule has 0 spiro atoms. The van der Waals surface area contributed by atoms with Gasteiger partial charge in [-0.3, -0.25) is 4.79 Å². The van der Waals surface area contributed by atoms with Crippen molar-refractivity contribution in [1.82, 2.24) is 5.32 Å². The molecule has 2 aromatic carbocycles. The Bertz CT molecular complexity index is 725. The van der Waals surface area contributed by atoms with Crippen LogP contribution in [0.1, 0.15) is 40.7 Å². The summed E-state index contributed by atoms with van der Waals surface area (Å²) in [6.45, 7) is 2.52. The molecule has 0 bridgehead atoms. The minimum absolute atomic E-state index is 0.0134. The highest BCUT2D eigenvalue weighted by molar-refractivity contribution is 5.87. The first-order valence-corrected chi connectivity index (χ1v) is 8.23. The van der Waals surface area contributed by atoms with Crippen molar-refractivity contribution in [1.29, 1.82) is 0 Å². The molecule has 25 heavy (non-hydrogen) atoms. The topological polar surface area (TPSA) is 75.6 Å². The van der Waals surface area contributed by atoms with Crippen molar-refractivity contribution in [2.24, 2.45) is 0 Å². The Kier molecular flexibility index (Phi) is 6.57. The van der Waals surface area contributed by atoms with E-state index in [1.165, 1.54) is 0 Å². The van der Waals surface area contributed by atoms with E-state index in [4.69, 9.17) is 9.84 Å². The van der Waals surface area contributed by atoms with Crippen LogP contribution in [0, 0.1) is 0 Å². The molecule has 5 heteroatoms. The summed E-state index contributed by atoms with van der Waals surface area (Å²) in [7, 11) is 1.63. The summed E-state index contributed by atoms with van der Waals surface area (Å²) in [4.78, 5) is 22.9. The quantitative estimate of drug-likeness (QED) is 0.773. The second kappa shape index (κ2) is 8.87. The zero-order chi connectivity index (χ0) is 18.2. The number of amides is 1. The molecule has 1 unspecified atom stereocenters. The molecule has 5 nitrogen and oxygen atoms in total. The Balaban J connectivity index is 1.81. The smallest absolute Gasteiger partial charge is 0.335 e. The number of nitrogens with one attached hydrogen (secondary N) is 1. The fraction of sp³-hybridized carbons (Fsp3) is 0.300. The molecule has 0 aliphatic rings. The molecule has 0 aromatic heterocycles. The molecule has 132 valence electrons. The van der Waals surface area contributed by atoms with Crippen LogP contribution in [0.2, 0.25) is 0 Å². The van der Waals surface area contributed by atoms with Crippen molar-refractivity contribution in [2.45, 2.75) is 25.7 Å². The highest BCUT2D eigenvalue weighted by atomic mass is 16.5. The normalized spacial score (nSPS) is 11.6. The average Bonchev–Trinajstić information content (AvgIpc) is 2.62. The largest absolute Gasteiger partial charge is 0.496 e. The molecule has 0 aliphatic carbocycles. The lowest BCUT2D eigenvalue weighted by Crippen LogP contribution is -2.26. The fourth-order valence-electron chi connectivity index (χ4n) is 2.69. The molecule has 2 rings (SSSR count). The first-order chi connectivity index (χ1) is 12.0. The van der Waals surface area contributed by atoms with Gasteiger partial charge in [0, 0.05) is 13.0 Å². The Morgan fingerprint density at radius 2 is 1.80 bits per heavy atom. The molecule has 2 aromatic rings. The van der Waals surface area contributed by atoms with Gasteiger partial charge in [-0.1, -0.05) is 37.3 Å². The van der Waals surface area contributed by atoms with Gasteiger partial charge in [0.25, 0.3) is 0 Å². The second-order valence-electron chi connectivity index (χ2n) is 5.95. The van der Waals surface area contributed by atoms with E-state index in [0.717, 1.165) is 16.9 Å². The number of rotatable bonds is 8. The number of para-hydroxylation sites is 1. The van der Waals surface area contributed by atoms with E-state index < -0.39 is 5.97 Å². The molecule has 1 atom stereocenters. The maximum Gasteiger partial charge on any atom is 0.335 e. The Morgan fingerprint density at radius 3 is 2.44 bits per heavy atom. The lowest BCUT2D eigenvalue weighted by atomic mass is 9.96. The van der Waals surface area contributed by atoms with E-state index in [1.54, 1.807) is 31.4 Å². The van der Waals surface area contributed by atoms with Crippen LogP contribution in [0.3, 0.4) is 0 Å². The maximum atomic E-state index is 12.1. The lowest BCUT2D eigenvalue weighted by Gasteiger charge is -2.15. The maximum absolute atomic E-state index is 12.1. The number of hydrogen-bond donors (Lipinski definition) is 2. The third-order valence-corrected chi connectivity index (χ3v) is 4.10. The van der Waals surface area contributed by atoms with Crippen LogP contribution in [-0.4, -0.2) is 30.6 Å². The van der Waals surface area contributed by atoms with Gasteiger partial charge in [-0.25, -0.2) is 4.79 Å². The summed E-state index contributed by atoms with van der Waals surface area (Å²) < 4.78 is 5.34. The Labute approximate surface area is 147 Å². The highest BCUT2D eigenvalue weighted by Gasteiger charge is 2.14. The molecule has 0 heterocycles. The predicted molar refractivity (Wildman–Crippen MR) is 96.1 cm³/mol. The van der Waals surface area contributed by atoms with Crippen molar-refractivity contribution >= 4 is 11.9 Å². The first-order valence-electron chi connectivity index (χ1n) is 8.23. The van der Waals surface area contributed by atoms with Crippen LogP contribution in [0.25, 0.3) is 0 Å². The number of aromatic carboxylic acids is 1. The van der Waals surface area contributed by atoms with Gasteiger partial charge in [0.1, 0.15) is 5.75 Å². The summed E-state index contributed by atoms with van der Waals surface area (Å²) in [5.41, 5.74) is 2.27. The molecule has 2 N–H and O–H groups in total. The number of carboxylic acids is 1. The van der Waals surface area contributed by atoms with Gasteiger partial charge in [0.15, 0.2) is 0 Å². The molecule has 0 saturated heterocycles. The highest BCUT2D eigenvalue weighted by Crippen LogP contribution is 2.28. The van der Waals surface area contributed by atoms with E-state index in [2.05, 4.69) is 5.32 Å². The summed E-state index contributed by atoms with van der Waals surface area (Å²) >= 11 is 0. The summed E-state index contributed by atoms with van der Waals surface area (Å²) in [5.74, 6) is -0.0990. The van der Waals surface area contributed by atoms with Gasteiger partial charge in [-0.05, 0) is 41.7 Å². The van der Waals surface area contributed by atoms with Crippen molar-refractivity contribution in [2.75, 3.05) is 13.7 Å². The van der Waals surface area contributed by atoms with Crippen LogP contribution < -0.4 is 10.1 Å². The number of methoxy groups -OCH3 is 1. The Hall–Kier alpha value is -2.82. The van der Waals surface area contributed by atoms with Crippen LogP contribution >= 0.6 is 0 Å². The minimum Gasteiger partial charge on any atom is -0.496 e. The van der Waals surface area contributed by atoms with E-state index >= 15 is 0 Å². The molecular weight excluding hydrogens is 318 g/mol. The van der Waals surface area contributed by atoms with Crippen LogP contribution in [0.15, 0.2) is 48.5 Å². The van der Waals surface area contributed by atoms with Gasteiger partial charge in [0.05, 0.1) is 12.7 Å². The summed E-state index contributed by atoms with van der Waals surface area (Å²) in [6.07, 6.45) is 1.05. The third kappa shape index (κ3) is 5.35. The fourth-order valence-corrected chi connectivity index (χ4v) is 2.69. The standard InChI is InChI=1S/C20H23NO4/c1-14(17-5-3-4-6-18(17)25-2)13-19(22)21-12-11-15-7-9-16(10-8-15)20(23)24/h3-10,14H,11-13H2,1-2H3,(H,21,22)(H,23,24). The zero-order valence-electron chi connectivity index (χ0n) is 14.5. The first kappa shape index (κ1) is 18.5. The second-order valence-corrected chi connectivity index (χ2v) is 5.95.